The van der Waals surface area contributed by atoms with Crippen LogP contribution in [0.15, 0.2) is 22.7 Å². The second-order valence-corrected chi connectivity index (χ2v) is 6.23. The lowest BCUT2D eigenvalue weighted by Crippen LogP contribution is -2.41. The molecule has 17 heavy (non-hydrogen) atoms. The summed E-state index contributed by atoms with van der Waals surface area (Å²) >= 11 is 5.51. The molecule has 0 aromatic heterocycles. The molecule has 0 fully saturated rings. The van der Waals surface area contributed by atoms with Crippen LogP contribution in [0.1, 0.15) is 24.2 Å². The number of hydrogen-bond acceptors (Lipinski definition) is 2. The third kappa shape index (κ3) is 4.22. The predicted octanol–water partition coefficient (Wildman–Crippen LogP) is 2.80. The molecule has 0 saturated heterocycles. The largest absolute Gasteiger partial charge is 0.394 e. The van der Waals surface area contributed by atoms with Crippen molar-refractivity contribution in [3.05, 3.63) is 31.8 Å². The Morgan fingerprint density at radius 1 is 1.53 bits per heavy atom. The number of amides is 1. The van der Waals surface area contributed by atoms with Gasteiger partial charge in [-0.1, -0.05) is 13.8 Å². The van der Waals surface area contributed by atoms with Gasteiger partial charge in [0.25, 0.3) is 5.91 Å². The Bertz CT molecular complexity index is 409. The van der Waals surface area contributed by atoms with Crippen molar-refractivity contribution >= 4 is 44.4 Å². The molecule has 0 aliphatic carbocycles. The fraction of sp³-hybridized carbons (Fsp3) is 0.417. The van der Waals surface area contributed by atoms with E-state index in [9.17, 15) is 9.90 Å². The molecule has 1 atom stereocenters. The first-order valence-electron chi connectivity index (χ1n) is 5.32. The summed E-state index contributed by atoms with van der Waals surface area (Å²) in [6, 6.07) is 5.37. The van der Waals surface area contributed by atoms with Gasteiger partial charge in [-0.3, -0.25) is 4.79 Å². The summed E-state index contributed by atoms with van der Waals surface area (Å²) in [7, 11) is 0. The molecule has 5 heteroatoms. The fourth-order valence-corrected chi connectivity index (χ4v) is 2.26. The number of carbonyl (C=O) groups is 1. The van der Waals surface area contributed by atoms with Crippen LogP contribution in [-0.2, 0) is 0 Å². The lowest BCUT2D eigenvalue weighted by Gasteiger charge is -2.20. The lowest BCUT2D eigenvalue weighted by atomic mass is 10.0. The molecule has 0 heterocycles. The van der Waals surface area contributed by atoms with Crippen LogP contribution in [0.3, 0.4) is 0 Å². The molecule has 1 rings (SSSR count). The van der Waals surface area contributed by atoms with Crippen molar-refractivity contribution in [1.82, 2.24) is 5.32 Å². The average molecular weight is 412 g/mol. The Morgan fingerprint density at radius 2 is 2.18 bits per heavy atom. The topological polar surface area (TPSA) is 49.3 Å². The Hall–Kier alpha value is -0.140. The number of aliphatic hydroxyl groups is 1. The summed E-state index contributed by atoms with van der Waals surface area (Å²) in [6.45, 7) is 3.88. The lowest BCUT2D eigenvalue weighted by molar-refractivity contribution is 0.0896. The van der Waals surface area contributed by atoms with E-state index in [0.717, 1.165) is 8.04 Å². The predicted molar refractivity (Wildman–Crippen MR) is 80.0 cm³/mol. The number of aliphatic hydroxyl groups excluding tert-OH is 1. The van der Waals surface area contributed by atoms with Crippen molar-refractivity contribution in [2.45, 2.75) is 19.9 Å². The highest BCUT2D eigenvalue weighted by molar-refractivity contribution is 14.1. The van der Waals surface area contributed by atoms with Crippen LogP contribution in [0, 0.1) is 9.49 Å². The quantitative estimate of drug-likeness (QED) is 0.748. The normalized spacial score (nSPS) is 12.6. The number of hydrogen-bond donors (Lipinski definition) is 2. The van der Waals surface area contributed by atoms with E-state index >= 15 is 0 Å². The van der Waals surface area contributed by atoms with Gasteiger partial charge < -0.3 is 10.4 Å². The number of rotatable bonds is 4. The first-order valence-corrected chi connectivity index (χ1v) is 7.19. The monoisotopic (exact) mass is 411 g/mol. The van der Waals surface area contributed by atoms with Crippen molar-refractivity contribution in [3.63, 3.8) is 0 Å². The third-order valence-corrected chi connectivity index (χ3v) is 3.85. The van der Waals surface area contributed by atoms with Crippen LogP contribution >= 0.6 is 38.5 Å². The highest BCUT2D eigenvalue weighted by atomic mass is 127. The van der Waals surface area contributed by atoms with Crippen molar-refractivity contribution in [2.75, 3.05) is 6.61 Å². The zero-order valence-electron chi connectivity index (χ0n) is 9.71. The molecule has 94 valence electrons. The second kappa shape index (κ2) is 6.70. The fourth-order valence-electron chi connectivity index (χ4n) is 1.34. The minimum Gasteiger partial charge on any atom is -0.394 e. The van der Waals surface area contributed by atoms with Gasteiger partial charge in [0.15, 0.2) is 0 Å². The molecule has 0 bridgehead atoms. The molecular weight excluding hydrogens is 397 g/mol. The van der Waals surface area contributed by atoms with Gasteiger partial charge in [0.2, 0.25) is 0 Å². The van der Waals surface area contributed by atoms with E-state index in [4.69, 9.17) is 0 Å². The molecule has 0 unspecified atom stereocenters. The van der Waals surface area contributed by atoms with Gasteiger partial charge in [-0.25, -0.2) is 0 Å². The molecule has 0 spiro atoms. The summed E-state index contributed by atoms with van der Waals surface area (Å²) in [4.78, 5) is 12.0. The maximum Gasteiger partial charge on any atom is 0.252 e. The van der Waals surface area contributed by atoms with E-state index in [1.165, 1.54) is 0 Å². The van der Waals surface area contributed by atoms with Crippen molar-refractivity contribution in [2.24, 2.45) is 5.92 Å². The van der Waals surface area contributed by atoms with Gasteiger partial charge in [0.1, 0.15) is 0 Å². The highest BCUT2D eigenvalue weighted by Gasteiger charge is 2.17. The third-order valence-electron chi connectivity index (χ3n) is 2.49. The zero-order valence-corrected chi connectivity index (χ0v) is 13.4. The van der Waals surface area contributed by atoms with Crippen molar-refractivity contribution in [3.8, 4) is 0 Å². The Balaban J connectivity index is 2.86. The Labute approximate surface area is 123 Å². The smallest absolute Gasteiger partial charge is 0.252 e. The van der Waals surface area contributed by atoms with E-state index in [1.807, 2.05) is 32.0 Å². The number of carbonyl (C=O) groups excluding carboxylic acids is 1. The molecule has 0 aliphatic heterocycles. The van der Waals surface area contributed by atoms with Crippen LogP contribution in [0.2, 0.25) is 0 Å². The van der Waals surface area contributed by atoms with Gasteiger partial charge in [0.05, 0.1) is 18.2 Å². The SMILES string of the molecule is CC(C)[C@@H](CO)NC(=O)c1cc(I)ccc1Br. The molecule has 2 N–H and O–H groups in total. The molecule has 0 saturated carbocycles. The summed E-state index contributed by atoms with van der Waals surface area (Å²) < 4.78 is 1.76. The van der Waals surface area contributed by atoms with Gasteiger partial charge in [-0.15, -0.1) is 0 Å². The molecule has 1 amide bonds. The standard InChI is InChI=1S/C12H15BrINO2/c1-7(2)11(6-16)15-12(17)9-5-8(14)3-4-10(9)13/h3-5,7,11,16H,6H2,1-2H3,(H,15,17)/t11-/m1/s1. The molecule has 1 aromatic rings. The van der Waals surface area contributed by atoms with E-state index in [0.29, 0.717) is 5.56 Å². The average Bonchev–Trinajstić information content (AvgIpc) is 2.28. The summed E-state index contributed by atoms with van der Waals surface area (Å²) in [6.07, 6.45) is 0. The van der Waals surface area contributed by atoms with E-state index in [2.05, 4.69) is 43.8 Å². The number of benzene rings is 1. The van der Waals surface area contributed by atoms with Crippen LogP contribution in [0.4, 0.5) is 0 Å². The van der Waals surface area contributed by atoms with Crippen molar-refractivity contribution < 1.29 is 9.90 Å². The first-order chi connectivity index (χ1) is 7.95. The summed E-state index contributed by atoms with van der Waals surface area (Å²) in [5.41, 5.74) is 0.594. The second-order valence-electron chi connectivity index (χ2n) is 4.13. The van der Waals surface area contributed by atoms with Gasteiger partial charge in [-0.05, 0) is 62.6 Å². The van der Waals surface area contributed by atoms with Crippen LogP contribution < -0.4 is 5.32 Å². The van der Waals surface area contributed by atoms with E-state index < -0.39 is 0 Å². The maximum absolute atomic E-state index is 12.0. The van der Waals surface area contributed by atoms with Crippen molar-refractivity contribution in [1.29, 1.82) is 0 Å². The molecular formula is C12H15BrINO2. The van der Waals surface area contributed by atoms with Crippen LogP contribution in [0.5, 0.6) is 0 Å². The van der Waals surface area contributed by atoms with Gasteiger partial charge >= 0.3 is 0 Å². The zero-order chi connectivity index (χ0) is 13.0. The van der Waals surface area contributed by atoms with Gasteiger partial charge in [0, 0.05) is 8.04 Å². The Kier molecular flexibility index (Phi) is 5.88. The van der Waals surface area contributed by atoms with E-state index in [1.54, 1.807) is 0 Å². The Morgan fingerprint density at radius 3 is 2.71 bits per heavy atom. The molecule has 3 nitrogen and oxygen atoms in total. The summed E-state index contributed by atoms with van der Waals surface area (Å²) in [5, 5.41) is 12.0. The minimum atomic E-state index is -0.215. The number of nitrogens with one attached hydrogen (secondary N) is 1. The van der Waals surface area contributed by atoms with Crippen LogP contribution in [-0.4, -0.2) is 23.7 Å². The molecule has 1 aromatic carbocycles. The van der Waals surface area contributed by atoms with E-state index in [-0.39, 0.29) is 24.5 Å². The molecule has 0 radical (unpaired) electrons. The van der Waals surface area contributed by atoms with Gasteiger partial charge in [-0.2, -0.15) is 0 Å². The van der Waals surface area contributed by atoms with Crippen LogP contribution in [0.25, 0.3) is 0 Å². The summed E-state index contributed by atoms with van der Waals surface area (Å²) in [5.74, 6) is 0.0358. The first kappa shape index (κ1) is 14.9. The highest BCUT2D eigenvalue weighted by Crippen LogP contribution is 2.19. The molecule has 0 aliphatic rings. The maximum atomic E-state index is 12.0. The number of halogens is 2. The minimum absolute atomic E-state index is 0.0506.